The fourth-order valence-electron chi connectivity index (χ4n) is 1.50. The van der Waals surface area contributed by atoms with E-state index >= 15 is 0 Å². The van der Waals surface area contributed by atoms with E-state index in [0.717, 1.165) is 0 Å². The Morgan fingerprint density at radius 2 is 2.15 bits per heavy atom. The predicted octanol–water partition coefficient (Wildman–Crippen LogP) is 1.75. The van der Waals surface area contributed by atoms with Crippen molar-refractivity contribution in [2.24, 2.45) is 0 Å². The van der Waals surface area contributed by atoms with Gasteiger partial charge in [-0.1, -0.05) is 0 Å². The summed E-state index contributed by atoms with van der Waals surface area (Å²) in [4.78, 5) is 1.67. The minimum absolute atomic E-state index is 0.0183. The Bertz CT molecular complexity index is 173. The predicted molar refractivity (Wildman–Crippen MR) is 47.1 cm³/mol. The van der Waals surface area contributed by atoms with E-state index in [2.05, 4.69) is 0 Å². The molecule has 0 amide bonds. The molecule has 78 valence electrons. The van der Waals surface area contributed by atoms with Gasteiger partial charge >= 0.3 is 0 Å². The molecule has 13 heavy (non-hydrogen) atoms. The minimum atomic E-state index is -2.58. The van der Waals surface area contributed by atoms with E-state index in [9.17, 15) is 8.78 Å². The minimum Gasteiger partial charge on any atom is -0.377 e. The lowest BCUT2D eigenvalue weighted by atomic mass is 10.1. The topological polar surface area (TPSA) is 12.5 Å². The highest BCUT2D eigenvalue weighted by molar-refractivity contribution is 4.91. The van der Waals surface area contributed by atoms with Gasteiger partial charge in [0.05, 0.1) is 18.8 Å². The molecular weight excluding hydrogens is 176 g/mol. The molecule has 4 heteroatoms. The Balaban J connectivity index is 2.46. The first kappa shape index (κ1) is 10.9. The Kier molecular flexibility index (Phi) is 3.24. The lowest BCUT2D eigenvalue weighted by Gasteiger charge is -2.24. The molecule has 1 heterocycles. The van der Waals surface area contributed by atoms with Gasteiger partial charge in [-0.15, -0.1) is 0 Å². The molecule has 0 bridgehead atoms. The molecule has 1 fully saturated rings. The highest BCUT2D eigenvalue weighted by Crippen LogP contribution is 2.32. The molecule has 0 saturated carbocycles. The van der Waals surface area contributed by atoms with Crippen LogP contribution in [0.5, 0.6) is 0 Å². The van der Waals surface area contributed by atoms with Crippen LogP contribution in [0.25, 0.3) is 0 Å². The zero-order valence-electron chi connectivity index (χ0n) is 8.39. The Labute approximate surface area is 77.9 Å². The summed E-state index contributed by atoms with van der Waals surface area (Å²) in [5.74, 6) is -2.58. The summed E-state index contributed by atoms with van der Waals surface area (Å²) in [7, 11) is 1.72. The van der Waals surface area contributed by atoms with E-state index in [1.807, 2.05) is 13.8 Å². The lowest BCUT2D eigenvalue weighted by Crippen LogP contribution is -2.41. The zero-order chi connectivity index (χ0) is 10.1. The average Bonchev–Trinajstić information content (AvgIpc) is 2.23. The molecule has 0 spiro atoms. The van der Waals surface area contributed by atoms with Gasteiger partial charge in [-0.3, -0.25) is 4.90 Å². The van der Waals surface area contributed by atoms with E-state index in [0.29, 0.717) is 6.54 Å². The molecule has 0 aliphatic carbocycles. The third-order valence-electron chi connectivity index (χ3n) is 2.40. The first-order valence-electron chi connectivity index (χ1n) is 4.63. The van der Waals surface area contributed by atoms with Gasteiger partial charge in [0.25, 0.3) is 5.92 Å². The molecule has 0 aromatic carbocycles. The molecule has 0 unspecified atom stereocenters. The number of halogens is 2. The zero-order valence-corrected chi connectivity index (χ0v) is 8.39. The SMILES string of the molecule is CC(C)OC[C@H]1N(C)CCC1(F)F. The number of likely N-dealkylation sites (N-methyl/N-ethyl adjacent to an activating group) is 1. The maximum absolute atomic E-state index is 13.2. The number of alkyl halides is 2. The molecule has 1 aliphatic heterocycles. The first-order chi connectivity index (χ1) is 5.93. The summed E-state index contributed by atoms with van der Waals surface area (Å²) in [6.07, 6.45) is -0.0277. The van der Waals surface area contributed by atoms with Gasteiger partial charge in [-0.25, -0.2) is 8.78 Å². The van der Waals surface area contributed by atoms with E-state index in [-0.39, 0.29) is 19.1 Å². The first-order valence-corrected chi connectivity index (χ1v) is 4.63. The maximum Gasteiger partial charge on any atom is 0.266 e. The maximum atomic E-state index is 13.2. The van der Waals surface area contributed by atoms with Gasteiger partial charge in [-0.2, -0.15) is 0 Å². The van der Waals surface area contributed by atoms with Crippen LogP contribution in [0.2, 0.25) is 0 Å². The van der Waals surface area contributed by atoms with Crippen molar-refractivity contribution in [2.45, 2.75) is 38.3 Å². The number of ether oxygens (including phenoxy) is 1. The van der Waals surface area contributed by atoms with Gasteiger partial charge in [0.2, 0.25) is 0 Å². The van der Waals surface area contributed by atoms with E-state index in [1.54, 1.807) is 11.9 Å². The lowest BCUT2D eigenvalue weighted by molar-refractivity contribution is -0.0697. The molecule has 0 aromatic heterocycles. The summed E-state index contributed by atoms with van der Waals surface area (Å²) < 4.78 is 31.6. The largest absolute Gasteiger partial charge is 0.377 e. The van der Waals surface area contributed by atoms with Crippen LogP contribution in [0.15, 0.2) is 0 Å². The van der Waals surface area contributed by atoms with Crippen molar-refractivity contribution in [3.05, 3.63) is 0 Å². The third-order valence-corrected chi connectivity index (χ3v) is 2.40. The van der Waals surface area contributed by atoms with Gasteiger partial charge in [0.1, 0.15) is 0 Å². The van der Waals surface area contributed by atoms with Crippen molar-refractivity contribution in [3.63, 3.8) is 0 Å². The van der Waals surface area contributed by atoms with Crippen LogP contribution in [-0.4, -0.2) is 43.2 Å². The molecule has 1 aliphatic rings. The Morgan fingerprint density at radius 3 is 2.54 bits per heavy atom. The van der Waals surface area contributed by atoms with Gasteiger partial charge in [-0.05, 0) is 20.9 Å². The van der Waals surface area contributed by atoms with Crippen LogP contribution in [0.4, 0.5) is 8.78 Å². The highest BCUT2D eigenvalue weighted by Gasteiger charge is 2.47. The molecule has 1 atom stereocenters. The summed E-state index contributed by atoms with van der Waals surface area (Å²) >= 11 is 0. The van der Waals surface area contributed by atoms with Gasteiger partial charge in [0.15, 0.2) is 0 Å². The fraction of sp³-hybridized carbons (Fsp3) is 1.00. The second-order valence-electron chi connectivity index (χ2n) is 3.89. The van der Waals surface area contributed by atoms with E-state index < -0.39 is 12.0 Å². The van der Waals surface area contributed by atoms with Crippen molar-refractivity contribution in [1.82, 2.24) is 4.90 Å². The van der Waals surface area contributed by atoms with E-state index in [1.165, 1.54) is 0 Å². The summed E-state index contributed by atoms with van der Waals surface area (Å²) in [5, 5.41) is 0. The van der Waals surface area contributed by atoms with Crippen molar-refractivity contribution in [1.29, 1.82) is 0 Å². The van der Waals surface area contributed by atoms with Crippen LogP contribution < -0.4 is 0 Å². The molecule has 2 nitrogen and oxygen atoms in total. The molecule has 0 N–H and O–H groups in total. The van der Waals surface area contributed by atoms with Crippen LogP contribution in [0.3, 0.4) is 0 Å². The smallest absolute Gasteiger partial charge is 0.266 e. The van der Waals surface area contributed by atoms with E-state index in [4.69, 9.17) is 4.74 Å². The number of hydrogen-bond donors (Lipinski definition) is 0. The van der Waals surface area contributed by atoms with Crippen LogP contribution in [0.1, 0.15) is 20.3 Å². The monoisotopic (exact) mass is 193 g/mol. The van der Waals surface area contributed by atoms with Crippen molar-refractivity contribution < 1.29 is 13.5 Å². The average molecular weight is 193 g/mol. The fourth-order valence-corrected chi connectivity index (χ4v) is 1.50. The molecule has 1 rings (SSSR count). The molecular formula is C9H17F2NO. The van der Waals surface area contributed by atoms with Crippen molar-refractivity contribution >= 4 is 0 Å². The number of nitrogens with zero attached hydrogens (tertiary/aromatic N) is 1. The quantitative estimate of drug-likeness (QED) is 0.677. The third kappa shape index (κ3) is 2.61. The number of rotatable bonds is 3. The van der Waals surface area contributed by atoms with Crippen LogP contribution in [-0.2, 0) is 4.74 Å². The summed E-state index contributed by atoms with van der Waals surface area (Å²) in [5.41, 5.74) is 0. The second kappa shape index (κ2) is 3.88. The Morgan fingerprint density at radius 1 is 1.54 bits per heavy atom. The van der Waals surface area contributed by atoms with Gasteiger partial charge < -0.3 is 4.74 Å². The molecule has 1 saturated heterocycles. The van der Waals surface area contributed by atoms with Crippen LogP contribution in [0, 0.1) is 0 Å². The summed E-state index contributed by atoms with van der Waals surface area (Å²) in [6, 6.07) is -0.741. The number of likely N-dealkylation sites (tertiary alicyclic amines) is 1. The normalized spacial score (nSPS) is 28.6. The van der Waals surface area contributed by atoms with Crippen molar-refractivity contribution in [2.75, 3.05) is 20.2 Å². The van der Waals surface area contributed by atoms with Crippen LogP contribution >= 0.6 is 0 Å². The van der Waals surface area contributed by atoms with Crippen molar-refractivity contribution in [3.8, 4) is 0 Å². The second-order valence-corrected chi connectivity index (χ2v) is 3.89. The summed E-state index contributed by atoms with van der Waals surface area (Å²) in [6.45, 7) is 4.29. The number of hydrogen-bond acceptors (Lipinski definition) is 2. The standard InChI is InChI=1S/C9H17F2NO/c1-7(2)13-6-8-9(10,11)4-5-12(8)3/h7-8H,4-6H2,1-3H3/t8-/m1/s1. The van der Waals surface area contributed by atoms with Gasteiger partial charge in [0, 0.05) is 13.0 Å². The molecule has 0 aromatic rings. The Hall–Kier alpha value is -0.220. The molecule has 0 radical (unpaired) electrons. The highest BCUT2D eigenvalue weighted by atomic mass is 19.3.